The zero-order valence-corrected chi connectivity index (χ0v) is 12.0. The van der Waals surface area contributed by atoms with Gasteiger partial charge in [-0.05, 0) is 18.8 Å². The minimum absolute atomic E-state index is 0.0370. The van der Waals surface area contributed by atoms with E-state index in [4.69, 9.17) is 14.2 Å². The number of aliphatic hydroxyl groups is 1. The van der Waals surface area contributed by atoms with Gasteiger partial charge in [0.25, 0.3) is 0 Å². The van der Waals surface area contributed by atoms with Crippen LogP contribution in [0.25, 0.3) is 0 Å². The highest BCUT2D eigenvalue weighted by molar-refractivity contribution is 5.89. The first-order chi connectivity index (χ1) is 8.86. The Bertz CT molecular complexity index is 401. The van der Waals surface area contributed by atoms with Crippen LogP contribution in [-0.2, 0) is 19.0 Å². The number of fused-ring (bicyclic) bond motifs is 1. The fraction of sp³-hybridized carbons (Fsp3) is 0.786. The Kier molecular flexibility index (Phi) is 3.62. The molecule has 5 nitrogen and oxygen atoms in total. The second-order valence-electron chi connectivity index (χ2n) is 5.73. The molecule has 0 aromatic heterocycles. The topological polar surface area (TPSA) is 65.0 Å². The predicted octanol–water partition coefficient (Wildman–Crippen LogP) is 1.32. The second-order valence-corrected chi connectivity index (χ2v) is 5.73. The van der Waals surface area contributed by atoms with Crippen molar-refractivity contribution in [1.29, 1.82) is 0 Å². The summed E-state index contributed by atoms with van der Waals surface area (Å²) in [6.45, 7) is 5.82. The summed E-state index contributed by atoms with van der Waals surface area (Å²) >= 11 is 0. The van der Waals surface area contributed by atoms with Gasteiger partial charge in [0.1, 0.15) is 0 Å². The van der Waals surface area contributed by atoms with Crippen LogP contribution in [0.1, 0.15) is 20.8 Å². The molecule has 1 aliphatic heterocycles. The molecule has 1 fully saturated rings. The van der Waals surface area contributed by atoms with E-state index in [1.54, 1.807) is 14.0 Å². The van der Waals surface area contributed by atoms with Crippen molar-refractivity contribution in [3.05, 3.63) is 11.8 Å². The second kappa shape index (κ2) is 4.80. The molecule has 1 heterocycles. The number of ether oxygens (including phenoxy) is 3. The summed E-state index contributed by atoms with van der Waals surface area (Å²) in [5.74, 6) is -0.610. The van der Waals surface area contributed by atoms with Crippen LogP contribution in [0.5, 0.6) is 0 Å². The molecule has 1 unspecified atom stereocenters. The van der Waals surface area contributed by atoms with E-state index in [9.17, 15) is 9.90 Å². The van der Waals surface area contributed by atoms with Crippen molar-refractivity contribution in [2.24, 2.45) is 23.7 Å². The molecule has 0 aromatic carbocycles. The first kappa shape index (κ1) is 14.3. The maximum Gasteiger partial charge on any atom is 0.337 e. The minimum atomic E-state index is -0.946. The molecule has 0 aromatic rings. The Hall–Kier alpha value is -1.07. The number of carbonyl (C=O) groups excluding carboxylic acids is 1. The number of rotatable bonds is 2. The van der Waals surface area contributed by atoms with Crippen LogP contribution in [0.2, 0.25) is 0 Å². The number of carbonyl (C=O) groups is 1. The van der Waals surface area contributed by atoms with Gasteiger partial charge in [-0.15, -0.1) is 0 Å². The monoisotopic (exact) mass is 270 g/mol. The van der Waals surface area contributed by atoms with E-state index in [1.165, 1.54) is 13.4 Å². The summed E-state index contributed by atoms with van der Waals surface area (Å²) in [6.07, 6.45) is 0.881. The van der Waals surface area contributed by atoms with Gasteiger partial charge in [-0.1, -0.05) is 13.8 Å². The molecule has 0 spiro atoms. The third-order valence-corrected chi connectivity index (χ3v) is 4.97. The Labute approximate surface area is 113 Å². The SMILES string of the molecule is COC(=O)C1=COC(OC)[C@H]2[C@@H]1[C@H](C)[C@H](C)[C@]2(C)O. The van der Waals surface area contributed by atoms with Gasteiger partial charge in [0, 0.05) is 13.0 Å². The summed E-state index contributed by atoms with van der Waals surface area (Å²) in [6, 6.07) is 0. The fourth-order valence-electron chi connectivity index (χ4n) is 3.57. The minimum Gasteiger partial charge on any atom is -0.472 e. The van der Waals surface area contributed by atoms with E-state index >= 15 is 0 Å². The molecule has 2 rings (SSSR count). The Balaban J connectivity index is 2.45. The maximum atomic E-state index is 11.9. The van der Waals surface area contributed by atoms with E-state index < -0.39 is 17.9 Å². The van der Waals surface area contributed by atoms with Crippen molar-refractivity contribution in [3.8, 4) is 0 Å². The fourth-order valence-corrected chi connectivity index (χ4v) is 3.57. The molecule has 6 atom stereocenters. The van der Waals surface area contributed by atoms with Crippen molar-refractivity contribution >= 4 is 5.97 Å². The van der Waals surface area contributed by atoms with E-state index in [0.717, 1.165) is 0 Å². The van der Waals surface area contributed by atoms with Crippen molar-refractivity contribution in [1.82, 2.24) is 0 Å². The Morgan fingerprint density at radius 2 is 2.05 bits per heavy atom. The number of hydrogen-bond acceptors (Lipinski definition) is 5. The van der Waals surface area contributed by atoms with Gasteiger partial charge in [0.2, 0.25) is 6.29 Å². The highest BCUT2D eigenvalue weighted by atomic mass is 16.7. The number of hydrogen-bond donors (Lipinski definition) is 1. The van der Waals surface area contributed by atoms with Crippen LogP contribution in [-0.4, -0.2) is 37.2 Å². The average Bonchev–Trinajstić information content (AvgIpc) is 2.59. The highest BCUT2D eigenvalue weighted by Crippen LogP contribution is 2.54. The number of methoxy groups -OCH3 is 2. The van der Waals surface area contributed by atoms with Gasteiger partial charge >= 0.3 is 5.97 Å². The molecule has 0 bridgehead atoms. The van der Waals surface area contributed by atoms with Crippen molar-refractivity contribution < 1.29 is 24.1 Å². The molecule has 2 aliphatic rings. The lowest BCUT2D eigenvalue weighted by atomic mass is 9.79. The molecule has 1 aliphatic carbocycles. The van der Waals surface area contributed by atoms with Crippen LogP contribution in [0, 0.1) is 23.7 Å². The standard InChI is InChI=1S/C14H22O5/c1-7-8(2)14(3,16)11-10(7)9(12(15)17-4)6-19-13(11)18-5/h6-8,10-11,13,16H,1-5H3/t7-,8+,10-,11-,13?,14+/m1/s1. The van der Waals surface area contributed by atoms with Crippen molar-refractivity contribution in [2.45, 2.75) is 32.7 Å². The highest BCUT2D eigenvalue weighted by Gasteiger charge is 2.60. The third-order valence-electron chi connectivity index (χ3n) is 4.97. The van der Waals surface area contributed by atoms with Crippen LogP contribution in [0.15, 0.2) is 11.8 Å². The summed E-state index contributed by atoms with van der Waals surface area (Å²) in [7, 11) is 2.89. The van der Waals surface area contributed by atoms with Crippen LogP contribution < -0.4 is 0 Å². The Morgan fingerprint density at radius 3 is 2.58 bits per heavy atom. The van der Waals surface area contributed by atoms with E-state index in [0.29, 0.717) is 5.57 Å². The smallest absolute Gasteiger partial charge is 0.337 e. The van der Waals surface area contributed by atoms with Gasteiger partial charge in [0.05, 0.1) is 30.5 Å². The van der Waals surface area contributed by atoms with Crippen LogP contribution >= 0.6 is 0 Å². The largest absolute Gasteiger partial charge is 0.472 e. The number of esters is 1. The maximum absolute atomic E-state index is 11.9. The van der Waals surface area contributed by atoms with Crippen LogP contribution in [0.4, 0.5) is 0 Å². The van der Waals surface area contributed by atoms with E-state index in [-0.39, 0.29) is 23.7 Å². The predicted molar refractivity (Wildman–Crippen MR) is 67.9 cm³/mol. The lowest BCUT2D eigenvalue weighted by molar-refractivity contribution is -0.185. The first-order valence-corrected chi connectivity index (χ1v) is 6.55. The van der Waals surface area contributed by atoms with Gasteiger partial charge in [-0.2, -0.15) is 0 Å². The molecule has 19 heavy (non-hydrogen) atoms. The van der Waals surface area contributed by atoms with Gasteiger partial charge in [-0.25, -0.2) is 4.79 Å². The third kappa shape index (κ3) is 1.96. The first-order valence-electron chi connectivity index (χ1n) is 6.55. The zero-order valence-electron chi connectivity index (χ0n) is 12.0. The van der Waals surface area contributed by atoms with Crippen molar-refractivity contribution in [3.63, 3.8) is 0 Å². The summed E-state index contributed by atoms with van der Waals surface area (Å²) in [5, 5.41) is 10.8. The normalized spacial score (nSPS) is 45.2. The summed E-state index contributed by atoms with van der Waals surface area (Å²) < 4.78 is 15.6. The molecule has 108 valence electrons. The molecule has 1 N–H and O–H groups in total. The van der Waals surface area contributed by atoms with E-state index in [1.807, 2.05) is 13.8 Å². The lowest BCUT2D eigenvalue weighted by Crippen LogP contribution is -2.47. The zero-order chi connectivity index (χ0) is 14.4. The van der Waals surface area contributed by atoms with Gasteiger partial charge in [-0.3, -0.25) is 0 Å². The molecule has 0 saturated heterocycles. The van der Waals surface area contributed by atoms with E-state index in [2.05, 4.69) is 0 Å². The molecule has 1 saturated carbocycles. The molecular formula is C14H22O5. The molecule has 0 amide bonds. The molecular weight excluding hydrogens is 248 g/mol. The van der Waals surface area contributed by atoms with Gasteiger partial charge in [0.15, 0.2) is 0 Å². The van der Waals surface area contributed by atoms with Crippen molar-refractivity contribution in [2.75, 3.05) is 14.2 Å². The van der Waals surface area contributed by atoms with Crippen LogP contribution in [0.3, 0.4) is 0 Å². The quantitative estimate of drug-likeness (QED) is 0.767. The summed E-state index contributed by atoms with van der Waals surface area (Å²) in [5.41, 5.74) is -0.462. The average molecular weight is 270 g/mol. The summed E-state index contributed by atoms with van der Waals surface area (Å²) in [4.78, 5) is 11.9. The molecule has 0 radical (unpaired) electrons. The van der Waals surface area contributed by atoms with Gasteiger partial charge < -0.3 is 19.3 Å². The lowest BCUT2D eigenvalue weighted by Gasteiger charge is -2.38. The Morgan fingerprint density at radius 1 is 1.42 bits per heavy atom. The molecule has 5 heteroatoms.